The lowest BCUT2D eigenvalue weighted by atomic mass is 10.0. The molecule has 0 bridgehead atoms. The Morgan fingerprint density at radius 3 is 2.63 bits per heavy atom. The van der Waals surface area contributed by atoms with Crippen molar-refractivity contribution in [2.45, 2.75) is 51.6 Å². The molecule has 0 amide bonds. The van der Waals surface area contributed by atoms with Gasteiger partial charge < -0.3 is 5.32 Å². The maximum absolute atomic E-state index is 3.72. The van der Waals surface area contributed by atoms with E-state index in [0.29, 0.717) is 6.04 Å². The number of benzene rings is 1. The Bertz CT molecular complexity index is 350. The molecule has 2 atom stereocenters. The predicted molar refractivity (Wildman–Crippen MR) is 82.4 cm³/mol. The quantitative estimate of drug-likeness (QED) is 0.786. The lowest BCUT2D eigenvalue weighted by molar-refractivity contribution is 0.124. The fourth-order valence-corrected chi connectivity index (χ4v) is 3.01. The minimum absolute atomic E-state index is 0.505. The highest BCUT2D eigenvalue weighted by atomic mass is 15.2. The Kier molecular flexibility index (Phi) is 5.87. The summed E-state index contributed by atoms with van der Waals surface area (Å²) in [6.45, 7) is 8.13. The molecule has 1 fully saturated rings. The third-order valence-corrected chi connectivity index (χ3v) is 4.26. The Labute approximate surface area is 118 Å². The number of unbranched alkanes of at least 4 members (excludes halogenated alkanes) is 2. The van der Waals surface area contributed by atoms with Gasteiger partial charge in [-0.25, -0.2) is 0 Å². The summed E-state index contributed by atoms with van der Waals surface area (Å²) in [6, 6.07) is 12.1. The van der Waals surface area contributed by atoms with Crippen molar-refractivity contribution >= 4 is 0 Å². The largest absolute Gasteiger partial charge is 0.307 e. The molecule has 0 radical (unpaired) electrons. The van der Waals surface area contributed by atoms with Crippen molar-refractivity contribution in [2.75, 3.05) is 19.6 Å². The third kappa shape index (κ3) is 4.05. The lowest BCUT2D eigenvalue weighted by Crippen LogP contribution is -2.52. The van der Waals surface area contributed by atoms with Crippen LogP contribution in [-0.4, -0.2) is 30.6 Å². The van der Waals surface area contributed by atoms with E-state index in [-0.39, 0.29) is 0 Å². The van der Waals surface area contributed by atoms with Gasteiger partial charge in [0.15, 0.2) is 0 Å². The highest BCUT2D eigenvalue weighted by Crippen LogP contribution is 2.21. The third-order valence-electron chi connectivity index (χ3n) is 4.26. The number of rotatable bonds is 6. The lowest BCUT2D eigenvalue weighted by Gasteiger charge is -2.40. The van der Waals surface area contributed by atoms with Crippen molar-refractivity contribution in [3.8, 4) is 0 Å². The first-order chi connectivity index (χ1) is 9.35. The zero-order valence-electron chi connectivity index (χ0n) is 12.4. The van der Waals surface area contributed by atoms with Crippen molar-refractivity contribution in [1.82, 2.24) is 10.2 Å². The molecule has 0 aliphatic carbocycles. The molecule has 2 heteroatoms. The van der Waals surface area contributed by atoms with E-state index >= 15 is 0 Å². The van der Waals surface area contributed by atoms with Crippen molar-refractivity contribution in [2.24, 2.45) is 0 Å². The van der Waals surface area contributed by atoms with Crippen LogP contribution in [0.3, 0.4) is 0 Å². The highest BCUT2D eigenvalue weighted by molar-refractivity contribution is 5.20. The van der Waals surface area contributed by atoms with Crippen LogP contribution in [0.25, 0.3) is 0 Å². The number of hydrogen-bond acceptors (Lipinski definition) is 2. The molecule has 0 aromatic heterocycles. The predicted octanol–water partition coefficient (Wildman–Crippen LogP) is 3.60. The van der Waals surface area contributed by atoms with Gasteiger partial charge in [0.25, 0.3) is 0 Å². The van der Waals surface area contributed by atoms with Gasteiger partial charge in [-0.1, -0.05) is 57.0 Å². The average Bonchev–Trinajstić information content (AvgIpc) is 2.48. The van der Waals surface area contributed by atoms with Crippen LogP contribution in [0.2, 0.25) is 0 Å². The zero-order valence-corrected chi connectivity index (χ0v) is 12.4. The molecule has 2 unspecified atom stereocenters. The minimum Gasteiger partial charge on any atom is -0.307 e. The van der Waals surface area contributed by atoms with Crippen molar-refractivity contribution < 1.29 is 0 Å². The molecule has 106 valence electrons. The maximum Gasteiger partial charge on any atom is 0.0449 e. The molecular formula is C17H28N2. The van der Waals surface area contributed by atoms with Gasteiger partial charge in [-0.15, -0.1) is 0 Å². The maximum atomic E-state index is 3.72. The van der Waals surface area contributed by atoms with Gasteiger partial charge in [-0.3, -0.25) is 4.90 Å². The summed E-state index contributed by atoms with van der Waals surface area (Å²) in [5, 5.41) is 3.72. The van der Waals surface area contributed by atoms with Crippen LogP contribution in [0.4, 0.5) is 0 Å². The SMILES string of the molecule is CCCCCN1CC(c2ccccc2)NCC1CC. The number of piperazine rings is 1. The number of nitrogens with one attached hydrogen (secondary N) is 1. The normalized spacial score (nSPS) is 24.5. The zero-order chi connectivity index (χ0) is 13.5. The van der Waals surface area contributed by atoms with Crippen molar-refractivity contribution in [1.29, 1.82) is 0 Å². The molecule has 1 aliphatic heterocycles. The monoisotopic (exact) mass is 260 g/mol. The molecule has 1 aliphatic rings. The first-order valence-electron chi connectivity index (χ1n) is 7.87. The van der Waals surface area contributed by atoms with E-state index in [9.17, 15) is 0 Å². The van der Waals surface area contributed by atoms with Crippen LogP contribution in [0.1, 0.15) is 51.1 Å². The van der Waals surface area contributed by atoms with Crippen molar-refractivity contribution in [3.63, 3.8) is 0 Å². The standard InChI is InChI=1S/C17H28N2/c1-3-5-9-12-19-14-17(18-13-16(19)4-2)15-10-7-6-8-11-15/h6-8,10-11,16-18H,3-5,9,12-14H2,1-2H3. The second-order valence-electron chi connectivity index (χ2n) is 5.64. The summed E-state index contributed by atoms with van der Waals surface area (Å²) in [5.41, 5.74) is 1.43. The summed E-state index contributed by atoms with van der Waals surface area (Å²) in [7, 11) is 0. The molecular weight excluding hydrogens is 232 g/mol. The van der Waals surface area contributed by atoms with Gasteiger partial charge in [0.05, 0.1) is 0 Å². The molecule has 1 aromatic rings. The van der Waals surface area contributed by atoms with Crippen LogP contribution >= 0.6 is 0 Å². The van der Waals surface area contributed by atoms with Crippen LogP contribution < -0.4 is 5.32 Å². The Morgan fingerprint density at radius 1 is 1.16 bits per heavy atom. The molecule has 2 nitrogen and oxygen atoms in total. The molecule has 1 saturated heterocycles. The average molecular weight is 260 g/mol. The van der Waals surface area contributed by atoms with Crippen molar-refractivity contribution in [3.05, 3.63) is 35.9 Å². The van der Waals surface area contributed by atoms with Crippen LogP contribution in [-0.2, 0) is 0 Å². The van der Waals surface area contributed by atoms with Crippen LogP contribution in [0.15, 0.2) is 30.3 Å². The van der Waals surface area contributed by atoms with E-state index in [0.717, 1.165) is 19.1 Å². The van der Waals surface area contributed by atoms with E-state index in [1.165, 1.54) is 37.8 Å². The Hall–Kier alpha value is -0.860. The topological polar surface area (TPSA) is 15.3 Å². The smallest absolute Gasteiger partial charge is 0.0449 e. The highest BCUT2D eigenvalue weighted by Gasteiger charge is 2.26. The van der Waals surface area contributed by atoms with E-state index in [4.69, 9.17) is 0 Å². The Morgan fingerprint density at radius 2 is 1.95 bits per heavy atom. The van der Waals surface area contributed by atoms with Gasteiger partial charge in [0.1, 0.15) is 0 Å². The minimum atomic E-state index is 0.505. The summed E-state index contributed by atoms with van der Waals surface area (Å²) in [5.74, 6) is 0. The van der Waals surface area contributed by atoms with Crippen LogP contribution in [0.5, 0.6) is 0 Å². The van der Waals surface area contributed by atoms with Gasteiger partial charge in [0.2, 0.25) is 0 Å². The summed E-state index contributed by atoms with van der Waals surface area (Å²) < 4.78 is 0. The fourth-order valence-electron chi connectivity index (χ4n) is 3.01. The van der Waals surface area contributed by atoms with Gasteiger partial charge in [-0.05, 0) is 24.9 Å². The Balaban J connectivity index is 1.95. The molecule has 1 aromatic carbocycles. The number of nitrogens with zero attached hydrogens (tertiary/aromatic N) is 1. The molecule has 1 heterocycles. The molecule has 0 saturated carbocycles. The first kappa shape index (κ1) is 14.5. The van der Waals surface area contributed by atoms with Gasteiger partial charge >= 0.3 is 0 Å². The second-order valence-corrected chi connectivity index (χ2v) is 5.64. The molecule has 2 rings (SSSR count). The van der Waals surface area contributed by atoms with Gasteiger partial charge in [-0.2, -0.15) is 0 Å². The van der Waals surface area contributed by atoms with E-state index in [2.05, 4.69) is 54.4 Å². The van der Waals surface area contributed by atoms with Gasteiger partial charge in [0, 0.05) is 25.2 Å². The molecule has 0 spiro atoms. The molecule has 1 N–H and O–H groups in total. The summed E-state index contributed by atoms with van der Waals surface area (Å²) in [4.78, 5) is 2.70. The van der Waals surface area contributed by atoms with E-state index < -0.39 is 0 Å². The fraction of sp³-hybridized carbons (Fsp3) is 0.647. The van der Waals surface area contributed by atoms with Crippen LogP contribution in [0, 0.1) is 0 Å². The van der Waals surface area contributed by atoms with E-state index in [1.54, 1.807) is 0 Å². The second kappa shape index (κ2) is 7.66. The van der Waals surface area contributed by atoms with E-state index in [1.807, 2.05) is 0 Å². The summed E-state index contributed by atoms with van der Waals surface area (Å²) >= 11 is 0. The summed E-state index contributed by atoms with van der Waals surface area (Å²) in [6.07, 6.45) is 5.26. The first-order valence-corrected chi connectivity index (χ1v) is 7.87. The number of hydrogen-bond donors (Lipinski definition) is 1. The molecule has 19 heavy (non-hydrogen) atoms.